The first-order valence-corrected chi connectivity index (χ1v) is 8.41. The number of benzene rings is 2. The van der Waals surface area contributed by atoms with Gasteiger partial charge in [0, 0.05) is 19.0 Å². The lowest BCUT2D eigenvalue weighted by molar-refractivity contribution is -0.121. The summed E-state index contributed by atoms with van der Waals surface area (Å²) in [4.78, 5) is 11.6. The minimum absolute atomic E-state index is 0. The smallest absolute Gasteiger partial charge is 0.220 e. The van der Waals surface area contributed by atoms with Crippen LogP contribution in [0.15, 0.2) is 54.6 Å². The van der Waals surface area contributed by atoms with Crippen LogP contribution in [0.3, 0.4) is 0 Å². The SMILES string of the molecule is CC(N)CCC(=O)NCCc1ccc(OCc2ccccc2)cc1.Cl. The standard InChI is InChI=1S/C20H26N2O2.ClH/c1-16(21)7-12-20(23)22-14-13-17-8-10-19(11-9-17)24-15-18-5-3-2-4-6-18;/h2-6,8-11,16H,7,12-15,21H2,1H3,(H,22,23);1H. The second-order valence-electron chi connectivity index (χ2n) is 6.03. The Labute approximate surface area is 156 Å². The molecule has 0 aliphatic rings. The lowest BCUT2D eigenvalue weighted by atomic mass is 10.1. The van der Waals surface area contributed by atoms with Crippen molar-refractivity contribution in [2.24, 2.45) is 5.73 Å². The number of rotatable bonds is 9. The molecule has 1 atom stereocenters. The van der Waals surface area contributed by atoms with Gasteiger partial charge in [-0.15, -0.1) is 12.4 Å². The summed E-state index contributed by atoms with van der Waals surface area (Å²) in [6.07, 6.45) is 2.02. The van der Waals surface area contributed by atoms with E-state index in [0.29, 0.717) is 19.6 Å². The van der Waals surface area contributed by atoms with Crippen LogP contribution in [0.1, 0.15) is 30.9 Å². The number of amides is 1. The van der Waals surface area contributed by atoms with E-state index in [1.54, 1.807) is 0 Å². The molecule has 5 heteroatoms. The van der Waals surface area contributed by atoms with Gasteiger partial charge in [0.1, 0.15) is 12.4 Å². The molecule has 1 unspecified atom stereocenters. The van der Waals surface area contributed by atoms with Crippen LogP contribution in [-0.4, -0.2) is 18.5 Å². The van der Waals surface area contributed by atoms with Crippen LogP contribution in [0, 0.1) is 0 Å². The van der Waals surface area contributed by atoms with Crippen molar-refractivity contribution in [3.63, 3.8) is 0 Å². The van der Waals surface area contributed by atoms with Gasteiger partial charge in [0.05, 0.1) is 0 Å². The third-order valence-corrected chi connectivity index (χ3v) is 3.73. The molecule has 136 valence electrons. The summed E-state index contributed by atoms with van der Waals surface area (Å²) >= 11 is 0. The summed E-state index contributed by atoms with van der Waals surface area (Å²) in [5.74, 6) is 0.915. The number of hydrogen-bond acceptors (Lipinski definition) is 3. The summed E-state index contributed by atoms with van der Waals surface area (Å²) in [5, 5.41) is 2.92. The number of nitrogens with one attached hydrogen (secondary N) is 1. The van der Waals surface area contributed by atoms with E-state index in [2.05, 4.69) is 5.32 Å². The van der Waals surface area contributed by atoms with E-state index in [0.717, 1.165) is 24.2 Å². The van der Waals surface area contributed by atoms with Crippen molar-refractivity contribution in [2.75, 3.05) is 6.54 Å². The van der Waals surface area contributed by atoms with Crippen molar-refractivity contribution >= 4 is 18.3 Å². The molecule has 25 heavy (non-hydrogen) atoms. The molecular formula is C20H27ClN2O2. The van der Waals surface area contributed by atoms with E-state index >= 15 is 0 Å². The van der Waals surface area contributed by atoms with E-state index in [9.17, 15) is 4.79 Å². The predicted octanol–water partition coefficient (Wildman–Crippen LogP) is 3.47. The topological polar surface area (TPSA) is 64.4 Å². The minimum Gasteiger partial charge on any atom is -0.489 e. The maximum absolute atomic E-state index is 11.6. The molecule has 2 aromatic carbocycles. The van der Waals surface area contributed by atoms with Crippen molar-refractivity contribution in [3.05, 3.63) is 65.7 Å². The molecule has 0 aliphatic carbocycles. The number of ether oxygens (including phenoxy) is 1. The highest BCUT2D eigenvalue weighted by molar-refractivity contribution is 5.85. The van der Waals surface area contributed by atoms with Gasteiger partial charge in [0.2, 0.25) is 5.91 Å². The maximum Gasteiger partial charge on any atom is 0.220 e. The van der Waals surface area contributed by atoms with Gasteiger partial charge in [-0.2, -0.15) is 0 Å². The molecule has 0 saturated carbocycles. The minimum atomic E-state index is 0. The zero-order valence-electron chi connectivity index (χ0n) is 14.6. The first kappa shape index (κ1) is 21.0. The quantitative estimate of drug-likeness (QED) is 0.717. The number of carbonyl (C=O) groups excluding carboxylic acids is 1. The van der Waals surface area contributed by atoms with Crippen molar-refractivity contribution in [2.45, 2.75) is 38.8 Å². The summed E-state index contributed by atoms with van der Waals surface area (Å²) < 4.78 is 5.76. The van der Waals surface area contributed by atoms with Gasteiger partial charge in [0.25, 0.3) is 0 Å². The molecule has 3 N–H and O–H groups in total. The van der Waals surface area contributed by atoms with E-state index in [1.807, 2.05) is 61.5 Å². The number of halogens is 1. The highest BCUT2D eigenvalue weighted by Gasteiger charge is 2.03. The third-order valence-electron chi connectivity index (χ3n) is 3.73. The number of hydrogen-bond donors (Lipinski definition) is 2. The number of nitrogens with two attached hydrogens (primary N) is 1. The van der Waals surface area contributed by atoms with Gasteiger partial charge in [-0.05, 0) is 43.0 Å². The van der Waals surface area contributed by atoms with Gasteiger partial charge in [0.15, 0.2) is 0 Å². The first-order valence-electron chi connectivity index (χ1n) is 8.41. The zero-order chi connectivity index (χ0) is 17.2. The van der Waals surface area contributed by atoms with Crippen molar-refractivity contribution in [1.29, 1.82) is 0 Å². The molecular weight excluding hydrogens is 336 g/mol. The Morgan fingerprint density at radius 3 is 2.40 bits per heavy atom. The van der Waals surface area contributed by atoms with Gasteiger partial charge in [-0.25, -0.2) is 0 Å². The molecule has 0 spiro atoms. The van der Waals surface area contributed by atoms with Crippen LogP contribution in [0.5, 0.6) is 5.75 Å². The van der Waals surface area contributed by atoms with E-state index in [1.165, 1.54) is 5.56 Å². The van der Waals surface area contributed by atoms with Gasteiger partial charge >= 0.3 is 0 Å². The fourth-order valence-corrected chi connectivity index (χ4v) is 2.29. The number of carbonyl (C=O) groups is 1. The molecule has 0 fully saturated rings. The second-order valence-corrected chi connectivity index (χ2v) is 6.03. The predicted molar refractivity (Wildman–Crippen MR) is 104 cm³/mol. The van der Waals surface area contributed by atoms with Crippen molar-refractivity contribution < 1.29 is 9.53 Å². The molecule has 0 aromatic heterocycles. The Balaban J connectivity index is 0.00000312. The van der Waals surface area contributed by atoms with E-state index < -0.39 is 0 Å². The lowest BCUT2D eigenvalue weighted by Gasteiger charge is -2.09. The monoisotopic (exact) mass is 362 g/mol. The Hall–Kier alpha value is -2.04. The average molecular weight is 363 g/mol. The normalized spacial score (nSPS) is 11.3. The average Bonchev–Trinajstić information content (AvgIpc) is 2.60. The third kappa shape index (κ3) is 8.57. The molecule has 2 aromatic rings. The first-order chi connectivity index (χ1) is 11.6. The Kier molecular flexibility index (Phi) is 9.66. The van der Waals surface area contributed by atoms with Crippen LogP contribution in [0.2, 0.25) is 0 Å². The highest BCUT2D eigenvalue weighted by atomic mass is 35.5. The zero-order valence-corrected chi connectivity index (χ0v) is 15.4. The van der Waals surface area contributed by atoms with Crippen molar-refractivity contribution in [3.8, 4) is 5.75 Å². The second kappa shape index (κ2) is 11.5. The van der Waals surface area contributed by atoms with Crippen LogP contribution >= 0.6 is 12.4 Å². The van der Waals surface area contributed by atoms with Crippen molar-refractivity contribution in [1.82, 2.24) is 5.32 Å². The summed E-state index contributed by atoms with van der Waals surface area (Å²) in [6, 6.07) is 18.2. The molecule has 4 nitrogen and oxygen atoms in total. The van der Waals surface area contributed by atoms with Gasteiger partial charge < -0.3 is 15.8 Å². The largest absolute Gasteiger partial charge is 0.489 e. The van der Waals surface area contributed by atoms with E-state index in [-0.39, 0.29) is 24.4 Å². The fourth-order valence-electron chi connectivity index (χ4n) is 2.29. The Bertz CT molecular complexity index is 615. The molecule has 0 radical (unpaired) electrons. The van der Waals surface area contributed by atoms with Crippen LogP contribution < -0.4 is 15.8 Å². The lowest BCUT2D eigenvalue weighted by Crippen LogP contribution is -2.27. The van der Waals surface area contributed by atoms with Crippen LogP contribution in [-0.2, 0) is 17.8 Å². The molecule has 2 rings (SSSR count). The van der Waals surface area contributed by atoms with Crippen LogP contribution in [0.4, 0.5) is 0 Å². The van der Waals surface area contributed by atoms with Gasteiger partial charge in [-0.3, -0.25) is 4.79 Å². The van der Waals surface area contributed by atoms with Crippen LogP contribution in [0.25, 0.3) is 0 Å². The molecule has 0 heterocycles. The molecule has 0 bridgehead atoms. The van der Waals surface area contributed by atoms with Gasteiger partial charge in [-0.1, -0.05) is 42.5 Å². The van der Waals surface area contributed by atoms with E-state index in [4.69, 9.17) is 10.5 Å². The fraction of sp³-hybridized carbons (Fsp3) is 0.350. The summed E-state index contributed by atoms with van der Waals surface area (Å²) in [6.45, 7) is 3.12. The molecule has 0 aliphatic heterocycles. The summed E-state index contributed by atoms with van der Waals surface area (Å²) in [5.41, 5.74) is 7.97. The Morgan fingerprint density at radius 2 is 1.76 bits per heavy atom. The maximum atomic E-state index is 11.6. The molecule has 0 saturated heterocycles. The highest BCUT2D eigenvalue weighted by Crippen LogP contribution is 2.14. The Morgan fingerprint density at radius 1 is 1.08 bits per heavy atom. The summed E-state index contributed by atoms with van der Waals surface area (Å²) in [7, 11) is 0. The molecule has 1 amide bonds.